The number of alkyl halides is 3. The number of hydrogen-bond acceptors (Lipinski definition) is 4. The Labute approximate surface area is 171 Å². The van der Waals surface area contributed by atoms with Crippen molar-refractivity contribution in [1.29, 1.82) is 0 Å². The minimum Gasteiger partial charge on any atom is -0.289 e. The summed E-state index contributed by atoms with van der Waals surface area (Å²) in [6.45, 7) is 4.88. The Kier molecular flexibility index (Phi) is 5.57. The Morgan fingerprint density at radius 1 is 1.13 bits per heavy atom. The zero-order valence-electron chi connectivity index (χ0n) is 15.8. The van der Waals surface area contributed by atoms with Crippen LogP contribution in [0.1, 0.15) is 11.1 Å². The summed E-state index contributed by atoms with van der Waals surface area (Å²) in [5.41, 5.74) is -2.74. The molecular formula is C20H18F3N3O3S. The number of amides is 1. The quantitative estimate of drug-likeness (QED) is 0.706. The number of carbonyl (C=O) groups excluding carboxylic acids is 1. The standard InChI is InChI=1S/C20H18F3N3O3S/c1-3-13-26-17(15-7-5-4-6-8-15)24-19(18(26)27,20(21,22)23)25-30(28,29)16-11-9-14(2)10-12-16/h3-12,25H,1,13H2,2H3/t19-/m1/s1. The third-order valence-corrected chi connectivity index (χ3v) is 5.91. The highest BCUT2D eigenvalue weighted by atomic mass is 32.2. The molecule has 6 nitrogen and oxygen atoms in total. The molecule has 1 atom stereocenters. The van der Waals surface area contributed by atoms with Crippen LogP contribution in [0, 0.1) is 6.92 Å². The second-order valence-corrected chi connectivity index (χ2v) is 8.31. The SMILES string of the molecule is C=CCN1C(=O)[C@@](NS(=O)(=O)c2ccc(C)cc2)(C(F)(F)F)N=C1c1ccccc1. The Morgan fingerprint density at radius 3 is 2.27 bits per heavy atom. The van der Waals surface area contributed by atoms with Crippen molar-refractivity contribution in [2.45, 2.75) is 23.7 Å². The van der Waals surface area contributed by atoms with Crippen LogP contribution in [0.25, 0.3) is 0 Å². The van der Waals surface area contributed by atoms with E-state index in [4.69, 9.17) is 0 Å². The number of hydrogen-bond donors (Lipinski definition) is 1. The van der Waals surface area contributed by atoms with Gasteiger partial charge in [0.05, 0.1) is 4.90 Å². The van der Waals surface area contributed by atoms with Gasteiger partial charge in [-0.25, -0.2) is 13.4 Å². The summed E-state index contributed by atoms with van der Waals surface area (Å²) < 4.78 is 69.5. The molecule has 1 amide bonds. The van der Waals surface area contributed by atoms with Crippen molar-refractivity contribution in [3.8, 4) is 0 Å². The molecule has 3 rings (SSSR count). The predicted octanol–water partition coefficient (Wildman–Crippen LogP) is 3.01. The Bertz CT molecular complexity index is 1100. The summed E-state index contributed by atoms with van der Waals surface area (Å²) in [4.78, 5) is 16.9. The number of nitrogens with one attached hydrogen (secondary N) is 1. The highest BCUT2D eigenvalue weighted by Crippen LogP contribution is 2.39. The largest absolute Gasteiger partial charge is 0.437 e. The maximum absolute atomic E-state index is 14.2. The summed E-state index contributed by atoms with van der Waals surface area (Å²) in [5.74, 6) is -1.85. The maximum atomic E-state index is 14.2. The van der Waals surface area contributed by atoms with Gasteiger partial charge in [-0.3, -0.25) is 9.69 Å². The minimum atomic E-state index is -5.34. The van der Waals surface area contributed by atoms with E-state index in [-0.39, 0.29) is 17.9 Å². The van der Waals surface area contributed by atoms with Gasteiger partial charge in [0.15, 0.2) is 0 Å². The lowest BCUT2D eigenvalue weighted by atomic mass is 10.1. The topological polar surface area (TPSA) is 78.8 Å². The van der Waals surface area contributed by atoms with Crippen molar-refractivity contribution in [2.24, 2.45) is 4.99 Å². The van der Waals surface area contributed by atoms with Crippen molar-refractivity contribution in [3.63, 3.8) is 0 Å². The van der Waals surface area contributed by atoms with E-state index in [1.54, 1.807) is 25.1 Å². The van der Waals surface area contributed by atoms with Gasteiger partial charge in [-0.2, -0.15) is 17.9 Å². The molecular weight excluding hydrogens is 419 g/mol. The Morgan fingerprint density at radius 2 is 1.73 bits per heavy atom. The fourth-order valence-corrected chi connectivity index (χ4v) is 4.19. The fourth-order valence-electron chi connectivity index (χ4n) is 2.94. The molecule has 1 aliphatic heterocycles. The number of benzene rings is 2. The van der Waals surface area contributed by atoms with Crippen LogP contribution in [-0.2, 0) is 14.8 Å². The molecule has 1 heterocycles. The van der Waals surface area contributed by atoms with Gasteiger partial charge in [0.25, 0.3) is 5.91 Å². The van der Waals surface area contributed by atoms with Crippen LogP contribution in [0.3, 0.4) is 0 Å². The predicted molar refractivity (Wildman–Crippen MR) is 105 cm³/mol. The van der Waals surface area contributed by atoms with Gasteiger partial charge in [-0.05, 0) is 19.1 Å². The fraction of sp³-hybridized carbons (Fsp3) is 0.200. The zero-order chi connectivity index (χ0) is 22.2. The van der Waals surface area contributed by atoms with E-state index < -0.39 is 32.7 Å². The van der Waals surface area contributed by atoms with Crippen LogP contribution >= 0.6 is 0 Å². The van der Waals surface area contributed by atoms with Gasteiger partial charge in [0.1, 0.15) is 5.84 Å². The molecule has 158 valence electrons. The molecule has 0 saturated heterocycles. The maximum Gasteiger partial charge on any atom is 0.437 e. The summed E-state index contributed by atoms with van der Waals surface area (Å²) >= 11 is 0. The van der Waals surface area contributed by atoms with Crippen molar-refractivity contribution in [3.05, 3.63) is 78.4 Å². The Balaban J connectivity index is 2.17. The molecule has 0 radical (unpaired) electrons. The first kappa shape index (κ1) is 21.7. The summed E-state index contributed by atoms with van der Waals surface area (Å²) in [6, 6.07) is 12.9. The van der Waals surface area contributed by atoms with E-state index in [9.17, 15) is 26.4 Å². The van der Waals surface area contributed by atoms with Gasteiger partial charge in [-0.15, -0.1) is 6.58 Å². The zero-order valence-corrected chi connectivity index (χ0v) is 16.7. The normalized spacial score (nSPS) is 19.7. The van der Waals surface area contributed by atoms with Crippen molar-refractivity contribution in [2.75, 3.05) is 6.54 Å². The molecule has 0 bridgehead atoms. The van der Waals surface area contributed by atoms with Crippen molar-refractivity contribution < 1.29 is 26.4 Å². The minimum absolute atomic E-state index is 0.230. The highest BCUT2D eigenvalue weighted by Gasteiger charge is 2.67. The number of rotatable bonds is 6. The van der Waals surface area contributed by atoms with Crippen LogP contribution in [0.2, 0.25) is 0 Å². The first-order valence-corrected chi connectivity index (χ1v) is 10.3. The van der Waals surface area contributed by atoms with E-state index >= 15 is 0 Å². The summed E-state index contributed by atoms with van der Waals surface area (Å²) in [6.07, 6.45) is -4.10. The highest BCUT2D eigenvalue weighted by molar-refractivity contribution is 7.89. The van der Waals surface area contributed by atoms with Crippen LogP contribution < -0.4 is 4.72 Å². The average Bonchev–Trinajstić information content (AvgIpc) is 2.96. The van der Waals surface area contributed by atoms with Crippen molar-refractivity contribution >= 4 is 21.8 Å². The molecule has 0 saturated carbocycles. The third kappa shape index (κ3) is 3.75. The monoisotopic (exact) mass is 437 g/mol. The van der Waals surface area contributed by atoms with Gasteiger partial charge >= 0.3 is 11.8 Å². The number of halogens is 3. The first-order chi connectivity index (χ1) is 14.0. The number of aliphatic imine (C=N–C) groups is 1. The molecule has 0 unspecified atom stereocenters. The third-order valence-electron chi connectivity index (χ3n) is 4.45. The average molecular weight is 437 g/mol. The molecule has 10 heteroatoms. The molecule has 2 aromatic carbocycles. The van der Waals surface area contributed by atoms with E-state index in [0.29, 0.717) is 0 Å². The van der Waals surface area contributed by atoms with Crippen LogP contribution in [-0.4, -0.2) is 43.4 Å². The molecule has 0 aliphatic carbocycles. The molecule has 2 aromatic rings. The summed E-state index contributed by atoms with van der Waals surface area (Å²) in [5, 5.41) is 0. The van der Waals surface area contributed by atoms with E-state index in [2.05, 4.69) is 11.6 Å². The van der Waals surface area contributed by atoms with Gasteiger partial charge in [0, 0.05) is 12.1 Å². The molecule has 0 aromatic heterocycles. The summed E-state index contributed by atoms with van der Waals surface area (Å²) in [7, 11) is -4.73. The lowest BCUT2D eigenvalue weighted by Crippen LogP contribution is -2.63. The first-order valence-electron chi connectivity index (χ1n) is 8.77. The number of carbonyl (C=O) groups is 1. The van der Waals surface area contributed by atoms with Gasteiger partial charge < -0.3 is 0 Å². The smallest absolute Gasteiger partial charge is 0.289 e. The second kappa shape index (κ2) is 7.69. The van der Waals surface area contributed by atoms with Gasteiger partial charge in [0.2, 0.25) is 10.0 Å². The molecule has 1 N–H and O–H groups in total. The second-order valence-electron chi connectivity index (χ2n) is 6.63. The van der Waals surface area contributed by atoms with E-state index in [1.165, 1.54) is 35.1 Å². The number of nitrogens with zero attached hydrogens (tertiary/aromatic N) is 2. The van der Waals surface area contributed by atoms with Crippen LogP contribution in [0.15, 0.2) is 77.1 Å². The Hall–Kier alpha value is -2.98. The van der Waals surface area contributed by atoms with Gasteiger partial charge in [-0.1, -0.05) is 54.1 Å². The van der Waals surface area contributed by atoms with Crippen LogP contribution in [0.4, 0.5) is 13.2 Å². The number of amidine groups is 1. The van der Waals surface area contributed by atoms with Crippen molar-refractivity contribution in [1.82, 2.24) is 9.62 Å². The van der Waals surface area contributed by atoms with E-state index in [1.807, 2.05) is 0 Å². The lowest BCUT2D eigenvalue weighted by Gasteiger charge is -2.28. The molecule has 30 heavy (non-hydrogen) atoms. The molecule has 0 spiro atoms. The number of aryl methyl sites for hydroxylation is 1. The lowest BCUT2D eigenvalue weighted by molar-refractivity contribution is -0.194. The molecule has 0 fully saturated rings. The molecule has 1 aliphatic rings. The van der Waals surface area contributed by atoms with E-state index in [0.717, 1.165) is 22.6 Å². The number of sulfonamides is 1. The van der Waals surface area contributed by atoms with Crippen LogP contribution in [0.5, 0.6) is 0 Å².